The SMILES string of the molecule is O=C1CCC(N2Cc3cc(-n4cc(-c5ccc(C(F)(F)F)nc5)nn4)ccc3C2=O)C(=O)N1. The zero-order valence-electron chi connectivity index (χ0n) is 16.8. The van der Waals surface area contributed by atoms with Gasteiger partial charge in [0.25, 0.3) is 5.91 Å². The lowest BCUT2D eigenvalue weighted by Gasteiger charge is -2.29. The number of hydrogen-bond acceptors (Lipinski definition) is 6. The van der Waals surface area contributed by atoms with Gasteiger partial charge in [-0.05, 0) is 42.3 Å². The molecule has 1 unspecified atom stereocenters. The molecule has 4 heterocycles. The zero-order chi connectivity index (χ0) is 23.3. The van der Waals surface area contributed by atoms with Crippen LogP contribution in [0, 0.1) is 0 Å². The number of aromatic nitrogens is 4. The summed E-state index contributed by atoms with van der Waals surface area (Å²) >= 11 is 0. The number of carbonyl (C=O) groups is 3. The van der Waals surface area contributed by atoms with Gasteiger partial charge in [0.2, 0.25) is 11.8 Å². The van der Waals surface area contributed by atoms with Crippen molar-refractivity contribution < 1.29 is 27.6 Å². The summed E-state index contributed by atoms with van der Waals surface area (Å²) in [6.45, 7) is 0.207. The van der Waals surface area contributed by atoms with Crippen LogP contribution in [-0.4, -0.2) is 48.6 Å². The van der Waals surface area contributed by atoms with Crippen molar-refractivity contribution in [3.63, 3.8) is 0 Å². The molecule has 0 spiro atoms. The monoisotopic (exact) mass is 456 g/mol. The highest BCUT2D eigenvalue weighted by molar-refractivity contribution is 6.05. The highest BCUT2D eigenvalue weighted by Crippen LogP contribution is 2.30. The molecule has 0 aliphatic carbocycles. The van der Waals surface area contributed by atoms with E-state index in [1.54, 1.807) is 24.4 Å². The van der Waals surface area contributed by atoms with Gasteiger partial charge in [0.15, 0.2) is 0 Å². The number of nitrogens with one attached hydrogen (secondary N) is 1. The summed E-state index contributed by atoms with van der Waals surface area (Å²) in [5, 5.41) is 10.3. The second-order valence-corrected chi connectivity index (χ2v) is 7.72. The maximum absolute atomic E-state index is 12.8. The summed E-state index contributed by atoms with van der Waals surface area (Å²) in [6, 6.07) is 6.45. The van der Waals surface area contributed by atoms with Crippen LogP contribution < -0.4 is 5.32 Å². The maximum Gasteiger partial charge on any atom is 0.433 e. The van der Waals surface area contributed by atoms with E-state index in [2.05, 4.69) is 20.6 Å². The Bertz CT molecular complexity index is 1290. The molecule has 1 fully saturated rings. The van der Waals surface area contributed by atoms with E-state index in [4.69, 9.17) is 0 Å². The molecular formula is C21H15F3N6O3. The van der Waals surface area contributed by atoms with Crippen molar-refractivity contribution >= 4 is 17.7 Å². The van der Waals surface area contributed by atoms with Gasteiger partial charge in [-0.15, -0.1) is 5.10 Å². The van der Waals surface area contributed by atoms with Crippen LogP contribution in [0.5, 0.6) is 0 Å². The van der Waals surface area contributed by atoms with Crippen LogP contribution in [0.4, 0.5) is 13.2 Å². The number of hydrogen-bond donors (Lipinski definition) is 1. The Morgan fingerprint density at radius 3 is 2.61 bits per heavy atom. The number of rotatable bonds is 3. The van der Waals surface area contributed by atoms with Gasteiger partial charge in [-0.3, -0.25) is 24.7 Å². The maximum atomic E-state index is 12.8. The van der Waals surface area contributed by atoms with E-state index in [-0.39, 0.29) is 31.2 Å². The van der Waals surface area contributed by atoms with Gasteiger partial charge in [-0.2, -0.15) is 13.2 Å². The Labute approximate surface area is 184 Å². The summed E-state index contributed by atoms with van der Waals surface area (Å²) in [7, 11) is 0. The van der Waals surface area contributed by atoms with Crippen LogP contribution in [0.2, 0.25) is 0 Å². The number of benzene rings is 1. The number of fused-ring (bicyclic) bond motifs is 1. The quantitative estimate of drug-likeness (QED) is 0.605. The van der Waals surface area contributed by atoms with Crippen molar-refractivity contribution in [2.75, 3.05) is 0 Å². The first-order valence-electron chi connectivity index (χ1n) is 9.94. The van der Waals surface area contributed by atoms with Crippen molar-refractivity contribution in [2.45, 2.75) is 31.6 Å². The second-order valence-electron chi connectivity index (χ2n) is 7.72. The summed E-state index contributed by atoms with van der Waals surface area (Å²) in [6.07, 6.45) is -1.47. The molecular weight excluding hydrogens is 441 g/mol. The van der Waals surface area contributed by atoms with E-state index in [1.807, 2.05) is 0 Å². The molecule has 33 heavy (non-hydrogen) atoms. The normalized spacial score (nSPS) is 18.5. The molecule has 5 rings (SSSR count). The zero-order valence-corrected chi connectivity index (χ0v) is 16.8. The molecule has 168 valence electrons. The molecule has 12 heteroatoms. The Hall–Kier alpha value is -4.09. The van der Waals surface area contributed by atoms with Crippen LogP contribution >= 0.6 is 0 Å². The molecule has 0 saturated carbocycles. The molecule has 1 aromatic carbocycles. The van der Waals surface area contributed by atoms with E-state index >= 15 is 0 Å². The minimum Gasteiger partial charge on any atom is -0.322 e. The van der Waals surface area contributed by atoms with Gasteiger partial charge < -0.3 is 4.90 Å². The van der Waals surface area contributed by atoms with Crippen LogP contribution in [0.15, 0.2) is 42.7 Å². The molecule has 1 N–H and O–H groups in total. The van der Waals surface area contributed by atoms with Gasteiger partial charge in [-0.1, -0.05) is 5.21 Å². The first kappa shape index (κ1) is 20.8. The van der Waals surface area contributed by atoms with E-state index in [1.165, 1.54) is 15.6 Å². The molecule has 2 aromatic heterocycles. The third-order valence-corrected chi connectivity index (χ3v) is 5.61. The molecule has 9 nitrogen and oxygen atoms in total. The summed E-state index contributed by atoms with van der Waals surface area (Å²) in [4.78, 5) is 41.2. The summed E-state index contributed by atoms with van der Waals surface area (Å²) in [5.74, 6) is -1.13. The number of nitrogens with zero attached hydrogens (tertiary/aromatic N) is 5. The highest BCUT2D eigenvalue weighted by atomic mass is 19.4. The van der Waals surface area contributed by atoms with E-state index in [0.717, 1.165) is 12.3 Å². The average Bonchev–Trinajstić information content (AvgIpc) is 3.39. The fourth-order valence-electron chi connectivity index (χ4n) is 3.94. The molecule has 2 aliphatic heterocycles. The van der Waals surface area contributed by atoms with Crippen LogP contribution in [0.3, 0.4) is 0 Å². The lowest BCUT2D eigenvalue weighted by atomic mass is 10.0. The van der Waals surface area contributed by atoms with Crippen molar-refractivity contribution in [1.82, 2.24) is 30.2 Å². The van der Waals surface area contributed by atoms with Gasteiger partial charge in [0.1, 0.15) is 17.4 Å². The molecule has 1 saturated heterocycles. The smallest absolute Gasteiger partial charge is 0.322 e. The molecule has 0 radical (unpaired) electrons. The first-order chi connectivity index (χ1) is 15.7. The molecule has 3 amide bonds. The Kier molecular flexibility index (Phi) is 4.73. The van der Waals surface area contributed by atoms with E-state index < -0.39 is 23.8 Å². The van der Waals surface area contributed by atoms with Crippen molar-refractivity contribution in [2.24, 2.45) is 0 Å². The van der Waals surface area contributed by atoms with E-state index in [0.29, 0.717) is 28.1 Å². The first-order valence-corrected chi connectivity index (χ1v) is 9.94. The van der Waals surface area contributed by atoms with Gasteiger partial charge in [0.05, 0.1) is 11.9 Å². The Morgan fingerprint density at radius 2 is 1.91 bits per heavy atom. The fraction of sp³-hybridized carbons (Fsp3) is 0.238. The number of piperidine rings is 1. The molecule has 1 atom stereocenters. The number of alkyl halides is 3. The molecule has 0 bridgehead atoms. The minimum absolute atomic E-state index is 0.169. The molecule has 2 aliphatic rings. The average molecular weight is 456 g/mol. The number of halogens is 3. The lowest BCUT2D eigenvalue weighted by molar-refractivity contribution is -0.141. The van der Waals surface area contributed by atoms with Gasteiger partial charge in [0, 0.05) is 30.3 Å². The Balaban J connectivity index is 1.37. The lowest BCUT2D eigenvalue weighted by Crippen LogP contribution is -2.52. The minimum atomic E-state index is -4.53. The predicted molar refractivity (Wildman–Crippen MR) is 106 cm³/mol. The fourth-order valence-corrected chi connectivity index (χ4v) is 3.94. The highest BCUT2D eigenvalue weighted by Gasteiger charge is 2.39. The predicted octanol–water partition coefficient (Wildman–Crippen LogP) is 2.11. The summed E-state index contributed by atoms with van der Waals surface area (Å²) in [5.41, 5.74) is 1.44. The topological polar surface area (TPSA) is 110 Å². The van der Waals surface area contributed by atoms with Gasteiger partial charge >= 0.3 is 6.18 Å². The second kappa shape index (κ2) is 7.50. The third-order valence-electron chi connectivity index (χ3n) is 5.61. The van der Waals surface area contributed by atoms with Crippen molar-refractivity contribution in [3.8, 4) is 16.9 Å². The van der Waals surface area contributed by atoms with Crippen LogP contribution in [0.1, 0.15) is 34.5 Å². The standard InChI is InChI=1S/C21H15F3N6O3/c22-21(23,24)17-5-1-11(8-25-17)15-10-30(28-27-15)13-2-3-14-12(7-13)9-29(20(14)33)16-4-6-18(31)26-19(16)32/h1-3,5,7-8,10,16H,4,6,9H2,(H,26,31,32). The number of amides is 3. The van der Waals surface area contributed by atoms with Crippen LogP contribution in [-0.2, 0) is 22.3 Å². The number of imide groups is 1. The van der Waals surface area contributed by atoms with Crippen molar-refractivity contribution in [1.29, 1.82) is 0 Å². The van der Waals surface area contributed by atoms with Crippen LogP contribution in [0.25, 0.3) is 16.9 Å². The van der Waals surface area contributed by atoms with Crippen molar-refractivity contribution in [3.05, 3.63) is 59.5 Å². The Morgan fingerprint density at radius 1 is 1.09 bits per heavy atom. The largest absolute Gasteiger partial charge is 0.433 e. The van der Waals surface area contributed by atoms with E-state index in [9.17, 15) is 27.6 Å². The summed E-state index contributed by atoms with van der Waals surface area (Å²) < 4.78 is 39.6. The molecule has 3 aromatic rings. The number of pyridine rings is 1. The number of carbonyl (C=O) groups excluding carboxylic acids is 3. The van der Waals surface area contributed by atoms with Gasteiger partial charge in [-0.25, -0.2) is 4.68 Å². The third kappa shape index (κ3) is 3.73.